The summed E-state index contributed by atoms with van der Waals surface area (Å²) in [5, 5.41) is 25.3. The van der Waals surface area contributed by atoms with E-state index in [1.807, 2.05) is 17.9 Å². The van der Waals surface area contributed by atoms with Crippen molar-refractivity contribution < 1.29 is 10.2 Å². The fraction of sp³-hybridized carbons (Fsp3) is 0.889. The fourth-order valence-electron chi connectivity index (χ4n) is 6.87. The summed E-state index contributed by atoms with van der Waals surface area (Å²) in [5.41, 5.74) is -0.00416. The summed E-state index contributed by atoms with van der Waals surface area (Å²) < 4.78 is 1.98. The molecule has 6 atom stereocenters. The first-order valence-corrected chi connectivity index (χ1v) is 9.08. The predicted molar refractivity (Wildman–Crippen MR) is 86.4 cm³/mol. The molecule has 5 nitrogen and oxygen atoms in total. The van der Waals surface area contributed by atoms with Crippen LogP contribution in [0.15, 0.2) is 12.7 Å². The third-order valence-electron chi connectivity index (χ3n) is 7.70. The van der Waals surface area contributed by atoms with E-state index in [1.54, 1.807) is 6.33 Å². The van der Waals surface area contributed by atoms with Crippen LogP contribution in [0.5, 0.6) is 0 Å². The highest BCUT2D eigenvalue weighted by Crippen LogP contribution is 2.76. The maximum Gasteiger partial charge on any atom is 0.137 e. The highest BCUT2D eigenvalue weighted by molar-refractivity contribution is 5.18. The molecule has 4 aliphatic carbocycles. The van der Waals surface area contributed by atoms with Crippen molar-refractivity contribution in [3.05, 3.63) is 12.7 Å². The minimum atomic E-state index is -0.422. The van der Waals surface area contributed by atoms with E-state index in [0.29, 0.717) is 12.3 Å². The van der Waals surface area contributed by atoms with Crippen molar-refractivity contribution >= 4 is 0 Å². The van der Waals surface area contributed by atoms with Crippen LogP contribution >= 0.6 is 0 Å². The zero-order valence-corrected chi connectivity index (χ0v) is 14.3. The lowest BCUT2D eigenvalue weighted by Crippen LogP contribution is -2.52. The lowest BCUT2D eigenvalue weighted by atomic mass is 9.54. The van der Waals surface area contributed by atoms with Gasteiger partial charge in [-0.05, 0) is 61.2 Å². The smallest absolute Gasteiger partial charge is 0.137 e. The Morgan fingerprint density at radius 1 is 1.39 bits per heavy atom. The Bertz CT molecular complexity index is 577. The number of aliphatic hydroxyl groups excluding tert-OH is 2. The molecular formula is C18H29N3O2. The zero-order valence-electron chi connectivity index (χ0n) is 14.3. The molecule has 1 aromatic rings. The normalized spacial score (nSPS) is 42.1. The Balaban J connectivity index is 1.68. The highest BCUT2D eigenvalue weighted by atomic mass is 16.3. The van der Waals surface area contributed by atoms with E-state index >= 15 is 0 Å². The van der Waals surface area contributed by atoms with Gasteiger partial charge in [-0.25, -0.2) is 4.98 Å². The predicted octanol–water partition coefficient (Wildman–Crippen LogP) is 2.24. The second-order valence-corrected chi connectivity index (χ2v) is 8.84. The van der Waals surface area contributed by atoms with Gasteiger partial charge in [-0.3, -0.25) is 4.68 Å². The molecule has 5 heteroatoms. The van der Waals surface area contributed by atoms with Gasteiger partial charge in [0.15, 0.2) is 0 Å². The number of aromatic nitrogens is 3. The van der Waals surface area contributed by atoms with Crippen molar-refractivity contribution in [1.82, 2.24) is 14.8 Å². The molecule has 0 saturated heterocycles. The van der Waals surface area contributed by atoms with E-state index in [9.17, 15) is 10.2 Å². The van der Waals surface area contributed by atoms with Crippen molar-refractivity contribution in [2.45, 2.75) is 65.0 Å². The molecule has 4 aliphatic rings. The number of hydrogen-bond donors (Lipinski definition) is 2. The Labute approximate surface area is 138 Å². The maximum atomic E-state index is 10.7. The molecule has 2 N–H and O–H groups in total. The molecule has 4 fully saturated rings. The molecule has 4 saturated carbocycles. The molecule has 0 amide bonds. The van der Waals surface area contributed by atoms with E-state index in [1.165, 1.54) is 25.7 Å². The summed E-state index contributed by atoms with van der Waals surface area (Å²) >= 11 is 0. The van der Waals surface area contributed by atoms with Gasteiger partial charge in [-0.15, -0.1) is 0 Å². The average molecular weight is 319 g/mol. The Kier molecular flexibility index (Phi) is 3.40. The number of aliphatic hydroxyl groups is 2. The van der Waals surface area contributed by atoms with Gasteiger partial charge in [0, 0.05) is 12.0 Å². The van der Waals surface area contributed by atoms with Gasteiger partial charge in [0.25, 0.3) is 0 Å². The Morgan fingerprint density at radius 3 is 2.87 bits per heavy atom. The van der Waals surface area contributed by atoms with Gasteiger partial charge < -0.3 is 10.2 Å². The van der Waals surface area contributed by atoms with E-state index < -0.39 is 6.10 Å². The maximum absolute atomic E-state index is 10.7. The van der Waals surface area contributed by atoms with E-state index in [-0.39, 0.29) is 22.9 Å². The minimum Gasteiger partial charge on any atom is -0.396 e. The first-order chi connectivity index (χ1) is 11.0. The monoisotopic (exact) mass is 319 g/mol. The van der Waals surface area contributed by atoms with Gasteiger partial charge in [-0.1, -0.05) is 13.8 Å². The Morgan fingerprint density at radius 2 is 2.22 bits per heavy atom. The first kappa shape index (κ1) is 15.6. The molecule has 128 valence electrons. The molecule has 4 bridgehead atoms. The van der Waals surface area contributed by atoms with E-state index in [0.717, 1.165) is 18.9 Å². The van der Waals surface area contributed by atoms with Gasteiger partial charge in [0.05, 0.1) is 12.7 Å². The summed E-state index contributed by atoms with van der Waals surface area (Å²) in [7, 11) is 0. The lowest BCUT2D eigenvalue weighted by Gasteiger charge is -2.52. The molecule has 23 heavy (non-hydrogen) atoms. The van der Waals surface area contributed by atoms with E-state index in [4.69, 9.17) is 0 Å². The van der Waals surface area contributed by atoms with Crippen LogP contribution in [0.2, 0.25) is 0 Å². The van der Waals surface area contributed by atoms with Crippen LogP contribution < -0.4 is 0 Å². The van der Waals surface area contributed by atoms with Crippen molar-refractivity contribution in [2.75, 3.05) is 6.61 Å². The van der Waals surface area contributed by atoms with Gasteiger partial charge in [0.1, 0.15) is 12.7 Å². The Hall–Kier alpha value is -0.940. The molecule has 0 aromatic carbocycles. The van der Waals surface area contributed by atoms with Gasteiger partial charge in [-0.2, -0.15) is 5.10 Å². The van der Waals surface area contributed by atoms with Crippen molar-refractivity contribution in [3.8, 4) is 0 Å². The van der Waals surface area contributed by atoms with Crippen LogP contribution in [0.1, 0.15) is 52.4 Å². The quantitative estimate of drug-likeness (QED) is 0.843. The summed E-state index contributed by atoms with van der Waals surface area (Å²) in [6.45, 7) is 5.18. The number of hydrogen-bond acceptors (Lipinski definition) is 4. The van der Waals surface area contributed by atoms with Crippen LogP contribution in [-0.4, -0.2) is 37.7 Å². The van der Waals surface area contributed by atoms with Crippen molar-refractivity contribution in [3.63, 3.8) is 0 Å². The third kappa shape index (κ3) is 1.99. The molecule has 0 spiro atoms. The van der Waals surface area contributed by atoms with Crippen LogP contribution in [0.25, 0.3) is 0 Å². The van der Waals surface area contributed by atoms with Crippen LogP contribution in [0.4, 0.5) is 0 Å². The molecule has 0 radical (unpaired) electrons. The SMILES string of the molecule is CCC(O)C(C)(CO)C12CC3CC1CC(Cn1cncn1)(C3)C2. The highest BCUT2D eigenvalue weighted by Gasteiger charge is 2.70. The summed E-state index contributed by atoms with van der Waals surface area (Å²) in [6, 6.07) is 0. The van der Waals surface area contributed by atoms with Crippen LogP contribution in [0, 0.1) is 28.1 Å². The van der Waals surface area contributed by atoms with E-state index in [2.05, 4.69) is 17.0 Å². The van der Waals surface area contributed by atoms with Crippen molar-refractivity contribution in [2.24, 2.45) is 28.1 Å². The third-order valence-corrected chi connectivity index (χ3v) is 7.70. The minimum absolute atomic E-state index is 0.0879. The molecule has 1 aromatic heterocycles. The summed E-state index contributed by atoms with van der Waals surface area (Å²) in [5.74, 6) is 1.39. The van der Waals surface area contributed by atoms with Gasteiger partial charge >= 0.3 is 0 Å². The second kappa shape index (κ2) is 5.03. The number of nitrogens with zero attached hydrogens (tertiary/aromatic N) is 3. The summed E-state index contributed by atoms with van der Waals surface area (Å²) in [6.07, 6.45) is 9.80. The standard InChI is InChI=1S/C18H29N3O2/c1-3-15(23)16(2,10-22)18-6-13-4-14(18)7-17(5-13,8-18)9-21-12-19-11-20-21/h11-15,22-23H,3-10H2,1-2H3. The number of rotatable bonds is 6. The second-order valence-electron chi connectivity index (χ2n) is 8.84. The van der Waals surface area contributed by atoms with Crippen molar-refractivity contribution in [1.29, 1.82) is 0 Å². The molecule has 1 heterocycles. The summed E-state index contributed by atoms with van der Waals surface area (Å²) in [4.78, 5) is 4.09. The molecule has 0 aliphatic heterocycles. The largest absolute Gasteiger partial charge is 0.396 e. The van der Waals surface area contributed by atoms with Crippen LogP contribution in [0.3, 0.4) is 0 Å². The lowest BCUT2D eigenvalue weighted by molar-refractivity contribution is -0.119. The average Bonchev–Trinajstić information content (AvgIpc) is 3.18. The molecule has 5 rings (SSSR count). The topological polar surface area (TPSA) is 71.2 Å². The first-order valence-electron chi connectivity index (χ1n) is 9.08. The molecule has 6 unspecified atom stereocenters. The fourth-order valence-corrected chi connectivity index (χ4v) is 6.87. The zero-order chi connectivity index (χ0) is 16.3. The van der Waals surface area contributed by atoms with Crippen LogP contribution in [-0.2, 0) is 6.54 Å². The van der Waals surface area contributed by atoms with Gasteiger partial charge in [0.2, 0.25) is 0 Å². The molecular weight excluding hydrogens is 290 g/mol.